The standard InChI is InChI=1S/C15H24N4O2/c1-3-8-17-13-10-16-9-12(18-13)14(20)19(2)11-15(21)6-4-5-7-15/h9-10,21H,3-8,11H2,1-2H3,(H,17,18). The minimum atomic E-state index is -0.740. The highest BCUT2D eigenvalue weighted by molar-refractivity contribution is 5.92. The van der Waals surface area contributed by atoms with Crippen molar-refractivity contribution in [3.05, 3.63) is 18.1 Å². The lowest BCUT2D eigenvalue weighted by atomic mass is 10.0. The third-order valence-electron chi connectivity index (χ3n) is 3.82. The molecule has 1 fully saturated rings. The molecule has 0 unspecified atom stereocenters. The Bertz CT molecular complexity index is 486. The van der Waals surface area contributed by atoms with Crippen LogP contribution in [0.2, 0.25) is 0 Å². The highest BCUT2D eigenvalue weighted by atomic mass is 16.3. The van der Waals surface area contributed by atoms with Crippen molar-refractivity contribution in [2.24, 2.45) is 0 Å². The zero-order chi connectivity index (χ0) is 15.3. The molecule has 0 aromatic carbocycles. The first kappa shape index (κ1) is 15.7. The monoisotopic (exact) mass is 292 g/mol. The van der Waals surface area contributed by atoms with Crippen molar-refractivity contribution in [2.45, 2.75) is 44.6 Å². The van der Waals surface area contributed by atoms with E-state index in [1.54, 1.807) is 18.1 Å². The number of rotatable bonds is 6. The summed E-state index contributed by atoms with van der Waals surface area (Å²) in [7, 11) is 1.70. The maximum absolute atomic E-state index is 12.4. The molecule has 1 aromatic rings. The molecular formula is C15H24N4O2. The van der Waals surface area contributed by atoms with Crippen molar-refractivity contribution < 1.29 is 9.90 Å². The van der Waals surface area contributed by atoms with Gasteiger partial charge in [0.1, 0.15) is 11.5 Å². The predicted octanol–water partition coefficient (Wildman–Crippen LogP) is 1.68. The van der Waals surface area contributed by atoms with Crippen LogP contribution in [0.15, 0.2) is 12.4 Å². The van der Waals surface area contributed by atoms with Crippen molar-refractivity contribution in [3.63, 3.8) is 0 Å². The molecule has 0 bridgehead atoms. The van der Waals surface area contributed by atoms with Crippen LogP contribution < -0.4 is 5.32 Å². The third kappa shape index (κ3) is 4.14. The number of likely N-dealkylation sites (N-methyl/N-ethyl adjacent to an activating group) is 1. The van der Waals surface area contributed by atoms with Gasteiger partial charge in [-0.25, -0.2) is 4.98 Å². The molecule has 0 spiro atoms. The van der Waals surface area contributed by atoms with Gasteiger partial charge in [-0.1, -0.05) is 19.8 Å². The first-order valence-corrected chi connectivity index (χ1v) is 7.58. The molecule has 0 atom stereocenters. The second kappa shape index (κ2) is 6.85. The van der Waals surface area contributed by atoms with Crippen molar-refractivity contribution in [3.8, 4) is 0 Å². The number of amides is 1. The average Bonchev–Trinajstić information content (AvgIpc) is 2.90. The van der Waals surface area contributed by atoms with Gasteiger partial charge in [0, 0.05) is 20.1 Å². The minimum Gasteiger partial charge on any atom is -0.388 e. The van der Waals surface area contributed by atoms with Gasteiger partial charge in [-0.2, -0.15) is 0 Å². The number of anilines is 1. The Labute approximate surface area is 125 Å². The molecule has 21 heavy (non-hydrogen) atoms. The van der Waals surface area contributed by atoms with Gasteiger partial charge in [0.15, 0.2) is 0 Å². The molecule has 1 aromatic heterocycles. The number of carbonyl (C=O) groups is 1. The fourth-order valence-electron chi connectivity index (χ4n) is 2.71. The normalized spacial score (nSPS) is 16.7. The first-order chi connectivity index (χ1) is 10.0. The molecule has 1 aliphatic carbocycles. The third-order valence-corrected chi connectivity index (χ3v) is 3.82. The Balaban J connectivity index is 2.01. The number of carbonyl (C=O) groups excluding carboxylic acids is 1. The maximum atomic E-state index is 12.4. The Hall–Kier alpha value is -1.69. The molecule has 1 saturated carbocycles. The number of nitrogens with zero attached hydrogens (tertiary/aromatic N) is 3. The van der Waals surface area contributed by atoms with Gasteiger partial charge in [0.25, 0.3) is 5.91 Å². The summed E-state index contributed by atoms with van der Waals surface area (Å²) in [4.78, 5) is 22.3. The minimum absolute atomic E-state index is 0.206. The molecule has 0 saturated heterocycles. The molecule has 1 amide bonds. The van der Waals surface area contributed by atoms with Gasteiger partial charge in [0.2, 0.25) is 0 Å². The predicted molar refractivity (Wildman–Crippen MR) is 81.2 cm³/mol. The van der Waals surface area contributed by atoms with Gasteiger partial charge in [0.05, 0.1) is 18.0 Å². The van der Waals surface area contributed by atoms with Crippen LogP contribution in [0.4, 0.5) is 5.82 Å². The van der Waals surface area contributed by atoms with Crippen LogP contribution in [0.5, 0.6) is 0 Å². The lowest BCUT2D eigenvalue weighted by Crippen LogP contribution is -2.42. The molecule has 1 heterocycles. The van der Waals surface area contributed by atoms with Gasteiger partial charge in [-0.05, 0) is 19.3 Å². The molecular weight excluding hydrogens is 268 g/mol. The Morgan fingerprint density at radius 2 is 2.14 bits per heavy atom. The quantitative estimate of drug-likeness (QED) is 0.834. The van der Waals surface area contributed by atoms with E-state index in [1.165, 1.54) is 6.20 Å². The highest BCUT2D eigenvalue weighted by Crippen LogP contribution is 2.30. The second-order valence-electron chi connectivity index (χ2n) is 5.81. The molecule has 6 nitrogen and oxygen atoms in total. The van der Waals surface area contributed by atoms with E-state index in [-0.39, 0.29) is 5.91 Å². The molecule has 116 valence electrons. The molecule has 0 aliphatic heterocycles. The van der Waals surface area contributed by atoms with E-state index in [0.29, 0.717) is 18.1 Å². The molecule has 2 N–H and O–H groups in total. The van der Waals surface area contributed by atoms with Gasteiger partial charge in [-0.3, -0.25) is 9.78 Å². The van der Waals surface area contributed by atoms with Crippen LogP contribution in [0.1, 0.15) is 49.5 Å². The van der Waals surface area contributed by atoms with Crippen LogP contribution in [0.25, 0.3) is 0 Å². The van der Waals surface area contributed by atoms with E-state index in [1.807, 2.05) is 0 Å². The van der Waals surface area contributed by atoms with Crippen molar-refractivity contribution in [2.75, 3.05) is 25.5 Å². The zero-order valence-corrected chi connectivity index (χ0v) is 12.8. The van der Waals surface area contributed by atoms with Crippen LogP contribution in [0, 0.1) is 0 Å². The first-order valence-electron chi connectivity index (χ1n) is 7.58. The largest absolute Gasteiger partial charge is 0.388 e. The topological polar surface area (TPSA) is 78.4 Å². The van der Waals surface area contributed by atoms with Crippen molar-refractivity contribution >= 4 is 11.7 Å². The summed E-state index contributed by atoms with van der Waals surface area (Å²) < 4.78 is 0. The van der Waals surface area contributed by atoms with Crippen molar-refractivity contribution in [1.82, 2.24) is 14.9 Å². The summed E-state index contributed by atoms with van der Waals surface area (Å²) in [5.41, 5.74) is -0.434. The summed E-state index contributed by atoms with van der Waals surface area (Å²) in [5, 5.41) is 13.5. The zero-order valence-electron chi connectivity index (χ0n) is 12.8. The number of nitrogens with one attached hydrogen (secondary N) is 1. The Morgan fingerprint density at radius 1 is 1.43 bits per heavy atom. The van der Waals surface area contributed by atoms with Crippen LogP contribution >= 0.6 is 0 Å². The number of hydrogen-bond donors (Lipinski definition) is 2. The lowest BCUT2D eigenvalue weighted by Gasteiger charge is -2.28. The SMILES string of the molecule is CCCNc1cncc(C(=O)N(C)CC2(O)CCCC2)n1. The fourth-order valence-corrected chi connectivity index (χ4v) is 2.71. The maximum Gasteiger partial charge on any atom is 0.273 e. The van der Waals surface area contributed by atoms with Crippen LogP contribution in [0.3, 0.4) is 0 Å². The number of aliphatic hydroxyl groups is 1. The van der Waals surface area contributed by atoms with E-state index in [4.69, 9.17) is 0 Å². The van der Waals surface area contributed by atoms with Crippen LogP contribution in [-0.4, -0.2) is 51.6 Å². The van der Waals surface area contributed by atoms with E-state index < -0.39 is 5.60 Å². The average molecular weight is 292 g/mol. The summed E-state index contributed by atoms with van der Waals surface area (Å²) >= 11 is 0. The van der Waals surface area contributed by atoms with E-state index in [2.05, 4.69) is 22.2 Å². The smallest absolute Gasteiger partial charge is 0.273 e. The summed E-state index contributed by atoms with van der Waals surface area (Å²) in [6.45, 7) is 3.20. The molecule has 0 radical (unpaired) electrons. The molecule has 1 aliphatic rings. The Kier molecular flexibility index (Phi) is 5.12. The fraction of sp³-hybridized carbons (Fsp3) is 0.667. The molecule has 6 heteroatoms. The summed E-state index contributed by atoms with van der Waals surface area (Å²) in [5.74, 6) is 0.402. The van der Waals surface area contributed by atoms with E-state index in [0.717, 1.165) is 38.6 Å². The second-order valence-corrected chi connectivity index (χ2v) is 5.81. The van der Waals surface area contributed by atoms with E-state index >= 15 is 0 Å². The van der Waals surface area contributed by atoms with Gasteiger partial charge < -0.3 is 15.3 Å². The summed E-state index contributed by atoms with van der Waals surface area (Å²) in [6, 6.07) is 0. The lowest BCUT2D eigenvalue weighted by molar-refractivity contribution is 0.0154. The van der Waals surface area contributed by atoms with E-state index in [9.17, 15) is 9.90 Å². The van der Waals surface area contributed by atoms with Gasteiger partial charge in [-0.15, -0.1) is 0 Å². The van der Waals surface area contributed by atoms with Crippen molar-refractivity contribution in [1.29, 1.82) is 0 Å². The summed E-state index contributed by atoms with van der Waals surface area (Å²) in [6.07, 6.45) is 7.62. The van der Waals surface area contributed by atoms with Gasteiger partial charge >= 0.3 is 0 Å². The highest BCUT2D eigenvalue weighted by Gasteiger charge is 2.33. The number of aromatic nitrogens is 2. The van der Waals surface area contributed by atoms with Crippen LogP contribution in [-0.2, 0) is 0 Å². The Morgan fingerprint density at radius 3 is 2.81 bits per heavy atom. The molecule has 2 rings (SSSR count). The number of hydrogen-bond acceptors (Lipinski definition) is 5.